The number of hydrogen-bond donors (Lipinski definition) is 3. The number of hydrogen-bond acceptors (Lipinski definition) is 5. The Morgan fingerprint density at radius 1 is 1.58 bits per heavy atom. The van der Waals surface area contributed by atoms with E-state index >= 15 is 0 Å². The maximum absolute atomic E-state index is 10.9. The Balaban J connectivity index is 3.14. The molecule has 1 rings (SSSR count). The molecular formula is C11H13ClN2O5. The third-order valence-electron chi connectivity index (χ3n) is 2.53. The molecule has 0 aromatic heterocycles. The number of carbonyl (C=O) groups is 1. The summed E-state index contributed by atoms with van der Waals surface area (Å²) in [5.41, 5.74) is 0.107. The second-order valence-corrected chi connectivity index (χ2v) is 4.23. The van der Waals surface area contributed by atoms with Crippen molar-refractivity contribution in [3.05, 3.63) is 33.4 Å². The van der Waals surface area contributed by atoms with Crippen LogP contribution in [0.4, 0.5) is 11.4 Å². The molecule has 0 saturated carbocycles. The van der Waals surface area contributed by atoms with Gasteiger partial charge in [-0.05, 0) is 13.0 Å². The molecule has 0 amide bonds. The van der Waals surface area contributed by atoms with Gasteiger partial charge in [-0.25, -0.2) is 4.79 Å². The van der Waals surface area contributed by atoms with Crippen LogP contribution >= 0.6 is 11.6 Å². The van der Waals surface area contributed by atoms with Gasteiger partial charge in [0, 0.05) is 23.9 Å². The fraction of sp³-hybridized carbons (Fsp3) is 0.364. The molecule has 0 aliphatic carbocycles. The first kappa shape index (κ1) is 15.2. The van der Waals surface area contributed by atoms with Crippen molar-refractivity contribution in [2.24, 2.45) is 0 Å². The minimum atomic E-state index is -1.26. The van der Waals surface area contributed by atoms with Gasteiger partial charge in [0.15, 0.2) is 0 Å². The Hall–Kier alpha value is -1.86. The predicted octanol–water partition coefficient (Wildman–Crippen LogP) is 1.61. The molecule has 7 nitrogen and oxygen atoms in total. The Morgan fingerprint density at radius 2 is 2.21 bits per heavy atom. The maximum atomic E-state index is 10.9. The van der Waals surface area contributed by atoms with Crippen LogP contribution in [0, 0.1) is 17.0 Å². The van der Waals surface area contributed by atoms with Crippen LogP contribution < -0.4 is 5.32 Å². The summed E-state index contributed by atoms with van der Waals surface area (Å²) in [4.78, 5) is 21.1. The second kappa shape index (κ2) is 6.35. The van der Waals surface area contributed by atoms with Gasteiger partial charge < -0.3 is 15.5 Å². The number of nitro benzene ring substituents is 1. The number of carboxylic acids is 1. The summed E-state index contributed by atoms with van der Waals surface area (Å²) in [7, 11) is 0. The van der Waals surface area contributed by atoms with Crippen molar-refractivity contribution in [1.82, 2.24) is 0 Å². The van der Waals surface area contributed by atoms with Crippen LogP contribution in [-0.4, -0.2) is 39.6 Å². The van der Waals surface area contributed by atoms with Gasteiger partial charge in [-0.15, -0.1) is 11.6 Å². The Labute approximate surface area is 114 Å². The van der Waals surface area contributed by atoms with E-state index < -0.39 is 17.0 Å². The van der Waals surface area contributed by atoms with Crippen molar-refractivity contribution in [1.29, 1.82) is 0 Å². The van der Waals surface area contributed by atoms with E-state index in [0.717, 1.165) is 6.07 Å². The summed E-state index contributed by atoms with van der Waals surface area (Å²) in [5, 5.41) is 31.8. The molecule has 1 atom stereocenters. The molecular weight excluding hydrogens is 276 g/mol. The van der Waals surface area contributed by atoms with Crippen LogP contribution in [0.15, 0.2) is 12.1 Å². The van der Waals surface area contributed by atoms with Crippen molar-refractivity contribution in [2.75, 3.05) is 17.7 Å². The number of nitrogens with zero attached hydrogens (tertiary/aromatic N) is 1. The monoisotopic (exact) mass is 288 g/mol. The normalized spacial score (nSPS) is 11.9. The highest BCUT2D eigenvalue weighted by Crippen LogP contribution is 2.27. The summed E-state index contributed by atoms with van der Waals surface area (Å²) in [6, 6.07) is 2.28. The fourth-order valence-electron chi connectivity index (χ4n) is 1.48. The molecule has 8 heteroatoms. The molecule has 3 N–H and O–H groups in total. The number of halogens is 1. The fourth-order valence-corrected chi connectivity index (χ4v) is 1.59. The highest BCUT2D eigenvalue weighted by Gasteiger charge is 2.19. The van der Waals surface area contributed by atoms with E-state index in [1.165, 1.54) is 13.0 Å². The number of nitro groups is 1. The number of aliphatic hydroxyl groups excluding tert-OH is 1. The van der Waals surface area contributed by atoms with Gasteiger partial charge in [-0.3, -0.25) is 10.1 Å². The van der Waals surface area contributed by atoms with Crippen LogP contribution in [0.25, 0.3) is 0 Å². The lowest BCUT2D eigenvalue weighted by molar-refractivity contribution is -0.385. The van der Waals surface area contributed by atoms with Crippen molar-refractivity contribution in [3.8, 4) is 0 Å². The summed E-state index contributed by atoms with van der Waals surface area (Å²) in [6.45, 7) is 1.57. The lowest BCUT2D eigenvalue weighted by Crippen LogP contribution is -2.21. The summed E-state index contributed by atoms with van der Waals surface area (Å²) < 4.78 is 0. The first-order valence-corrected chi connectivity index (χ1v) is 5.90. The Kier molecular flexibility index (Phi) is 5.08. The zero-order valence-electron chi connectivity index (χ0n) is 10.1. The predicted molar refractivity (Wildman–Crippen MR) is 70.0 cm³/mol. The minimum Gasteiger partial charge on any atom is -0.478 e. The largest absolute Gasteiger partial charge is 0.478 e. The summed E-state index contributed by atoms with van der Waals surface area (Å²) >= 11 is 5.43. The zero-order chi connectivity index (χ0) is 14.6. The first-order chi connectivity index (χ1) is 8.86. The quantitative estimate of drug-likeness (QED) is 0.416. The van der Waals surface area contributed by atoms with Crippen LogP contribution in [-0.2, 0) is 0 Å². The number of aliphatic hydroxyl groups is 1. The molecule has 0 heterocycles. The smallest absolute Gasteiger partial charge is 0.336 e. The number of rotatable bonds is 6. The van der Waals surface area contributed by atoms with Crippen LogP contribution in [0.1, 0.15) is 15.9 Å². The van der Waals surface area contributed by atoms with Gasteiger partial charge in [0.25, 0.3) is 5.69 Å². The summed E-state index contributed by atoms with van der Waals surface area (Å²) in [6.07, 6.45) is -0.825. The van der Waals surface area contributed by atoms with E-state index in [0.29, 0.717) is 5.56 Å². The average Bonchev–Trinajstić information content (AvgIpc) is 2.36. The number of carboxylic acid groups (broad SMARTS) is 1. The third kappa shape index (κ3) is 3.80. The van der Waals surface area contributed by atoms with E-state index in [9.17, 15) is 20.0 Å². The number of anilines is 1. The van der Waals surface area contributed by atoms with Crippen LogP contribution in [0.2, 0.25) is 0 Å². The lowest BCUT2D eigenvalue weighted by Gasteiger charge is -2.13. The van der Waals surface area contributed by atoms with Gasteiger partial charge in [-0.1, -0.05) is 0 Å². The molecule has 0 fully saturated rings. The molecule has 19 heavy (non-hydrogen) atoms. The minimum absolute atomic E-state index is 0.00671. The molecule has 1 unspecified atom stereocenters. The van der Waals surface area contributed by atoms with Gasteiger partial charge >= 0.3 is 5.97 Å². The SMILES string of the molecule is Cc1c(NCC(O)CCl)cc(C(=O)O)cc1[N+](=O)[O-]. The average molecular weight is 289 g/mol. The standard InChI is InChI=1S/C11H13ClN2O5/c1-6-9(13-5-8(15)4-12)2-7(11(16)17)3-10(6)14(18)19/h2-3,8,13,15H,4-5H2,1H3,(H,16,17). The zero-order valence-corrected chi connectivity index (χ0v) is 10.8. The van der Waals surface area contributed by atoms with E-state index in [2.05, 4.69) is 5.32 Å². The van der Waals surface area contributed by atoms with Crippen LogP contribution in [0.5, 0.6) is 0 Å². The highest BCUT2D eigenvalue weighted by atomic mass is 35.5. The highest BCUT2D eigenvalue weighted by molar-refractivity contribution is 6.18. The number of nitrogens with one attached hydrogen (secondary N) is 1. The van der Waals surface area contributed by atoms with E-state index in [4.69, 9.17) is 16.7 Å². The van der Waals surface area contributed by atoms with Gasteiger partial charge in [0.2, 0.25) is 0 Å². The van der Waals surface area contributed by atoms with E-state index in [-0.39, 0.29) is 29.4 Å². The van der Waals surface area contributed by atoms with Crippen molar-refractivity contribution >= 4 is 28.9 Å². The molecule has 1 aromatic carbocycles. The molecule has 104 valence electrons. The first-order valence-electron chi connectivity index (χ1n) is 5.37. The topological polar surface area (TPSA) is 113 Å². The number of benzene rings is 1. The van der Waals surface area contributed by atoms with Gasteiger partial charge in [0.05, 0.1) is 22.5 Å². The molecule has 1 aromatic rings. The number of alkyl halides is 1. The molecule has 0 spiro atoms. The van der Waals surface area contributed by atoms with Gasteiger partial charge in [0.1, 0.15) is 0 Å². The lowest BCUT2D eigenvalue weighted by atomic mass is 10.1. The Morgan fingerprint density at radius 3 is 2.68 bits per heavy atom. The molecule has 0 aliphatic rings. The van der Waals surface area contributed by atoms with Crippen molar-refractivity contribution in [3.63, 3.8) is 0 Å². The number of aromatic carboxylic acids is 1. The third-order valence-corrected chi connectivity index (χ3v) is 2.89. The van der Waals surface area contributed by atoms with Crippen molar-refractivity contribution in [2.45, 2.75) is 13.0 Å². The molecule has 0 aliphatic heterocycles. The molecule has 0 radical (unpaired) electrons. The second-order valence-electron chi connectivity index (χ2n) is 3.92. The Bertz CT molecular complexity index is 506. The maximum Gasteiger partial charge on any atom is 0.336 e. The molecule has 0 saturated heterocycles. The summed E-state index contributed by atoms with van der Waals surface area (Å²) in [5.74, 6) is -1.25. The van der Waals surface area contributed by atoms with E-state index in [1.807, 2.05) is 0 Å². The van der Waals surface area contributed by atoms with Crippen molar-refractivity contribution < 1.29 is 19.9 Å². The molecule has 0 bridgehead atoms. The van der Waals surface area contributed by atoms with Crippen LogP contribution in [0.3, 0.4) is 0 Å². The van der Waals surface area contributed by atoms with Gasteiger partial charge in [-0.2, -0.15) is 0 Å². The van der Waals surface area contributed by atoms with E-state index in [1.54, 1.807) is 0 Å².